The van der Waals surface area contributed by atoms with Gasteiger partial charge in [-0.2, -0.15) is 0 Å². The lowest BCUT2D eigenvalue weighted by Crippen LogP contribution is -2.31. The van der Waals surface area contributed by atoms with Gasteiger partial charge in [0, 0.05) is 20.3 Å². The molecule has 2 aromatic carbocycles. The van der Waals surface area contributed by atoms with Gasteiger partial charge in [-0.05, 0) is 71.1 Å². The quantitative estimate of drug-likeness (QED) is 0.501. The second-order valence-corrected chi connectivity index (χ2v) is 8.79. The number of phenols is 1. The van der Waals surface area contributed by atoms with Crippen molar-refractivity contribution in [2.24, 2.45) is 0 Å². The van der Waals surface area contributed by atoms with E-state index in [0.717, 1.165) is 11.1 Å². The van der Waals surface area contributed by atoms with Crippen LogP contribution >= 0.6 is 15.9 Å². The molecule has 0 saturated heterocycles. The molecule has 8 heteroatoms. The summed E-state index contributed by atoms with van der Waals surface area (Å²) in [5.41, 5.74) is 2.86. The molecule has 4 rings (SSSR count). The molecule has 32 heavy (non-hydrogen) atoms. The average Bonchev–Trinajstić information content (AvgIpc) is 3.03. The molecule has 0 saturated carbocycles. The Morgan fingerprint density at radius 3 is 2.59 bits per heavy atom. The van der Waals surface area contributed by atoms with E-state index >= 15 is 0 Å². The highest BCUT2D eigenvalue weighted by Gasteiger charge is 2.43. The maximum Gasteiger partial charge on any atom is 0.290 e. The number of carbonyl (C=O) groups excluding carboxylic acids is 1. The van der Waals surface area contributed by atoms with Crippen molar-refractivity contribution < 1.29 is 23.8 Å². The molecule has 1 aliphatic rings. The van der Waals surface area contributed by atoms with Crippen molar-refractivity contribution in [3.05, 3.63) is 67.0 Å². The first-order valence-electron chi connectivity index (χ1n) is 10.2. The van der Waals surface area contributed by atoms with Crippen LogP contribution in [0.4, 0.5) is 0 Å². The van der Waals surface area contributed by atoms with Crippen LogP contribution < -0.4 is 10.2 Å². The molecule has 1 amide bonds. The summed E-state index contributed by atoms with van der Waals surface area (Å²) in [5.74, 6) is -0.101. The summed E-state index contributed by atoms with van der Waals surface area (Å²) in [4.78, 5) is 28.7. The van der Waals surface area contributed by atoms with Crippen LogP contribution in [0.3, 0.4) is 0 Å². The molecule has 0 aliphatic carbocycles. The molecule has 7 nitrogen and oxygen atoms in total. The Morgan fingerprint density at radius 2 is 1.91 bits per heavy atom. The second-order valence-electron chi connectivity index (χ2n) is 7.93. The second kappa shape index (κ2) is 8.60. The smallest absolute Gasteiger partial charge is 0.290 e. The molecular weight excluding hydrogens is 478 g/mol. The highest BCUT2D eigenvalue weighted by Crippen LogP contribution is 2.43. The Balaban J connectivity index is 1.99. The van der Waals surface area contributed by atoms with Crippen LogP contribution in [0, 0.1) is 13.8 Å². The van der Waals surface area contributed by atoms with Gasteiger partial charge in [0.15, 0.2) is 16.9 Å². The van der Waals surface area contributed by atoms with Crippen molar-refractivity contribution in [3.63, 3.8) is 0 Å². The Labute approximate surface area is 193 Å². The number of nitrogens with zero attached hydrogens (tertiary/aromatic N) is 1. The van der Waals surface area contributed by atoms with E-state index in [-0.39, 0.29) is 28.6 Å². The summed E-state index contributed by atoms with van der Waals surface area (Å²) in [5, 5.41) is 10.7. The van der Waals surface area contributed by atoms with Gasteiger partial charge in [-0.25, -0.2) is 0 Å². The summed E-state index contributed by atoms with van der Waals surface area (Å²) in [6.45, 7) is 4.62. The number of aromatic hydroxyl groups is 1. The third kappa shape index (κ3) is 3.57. The van der Waals surface area contributed by atoms with Gasteiger partial charge in [0.1, 0.15) is 5.58 Å². The first-order chi connectivity index (χ1) is 15.3. The third-order valence-electron chi connectivity index (χ3n) is 5.73. The molecule has 1 N–H and O–H groups in total. The summed E-state index contributed by atoms with van der Waals surface area (Å²) < 4.78 is 16.9. The van der Waals surface area contributed by atoms with Crippen molar-refractivity contribution in [2.75, 3.05) is 27.4 Å². The van der Waals surface area contributed by atoms with Crippen molar-refractivity contribution >= 4 is 32.8 Å². The van der Waals surface area contributed by atoms with Gasteiger partial charge >= 0.3 is 0 Å². The predicted molar refractivity (Wildman–Crippen MR) is 124 cm³/mol. The summed E-state index contributed by atoms with van der Waals surface area (Å²) in [6, 6.07) is 6.37. The molecular formula is C24H24BrNO6. The number of halogens is 1. The zero-order valence-corrected chi connectivity index (χ0v) is 19.9. The predicted octanol–water partition coefficient (Wildman–Crippen LogP) is 4.47. The maximum atomic E-state index is 13.7. The Kier molecular flexibility index (Phi) is 6.01. The van der Waals surface area contributed by atoms with Gasteiger partial charge in [0.05, 0.1) is 28.6 Å². The fourth-order valence-corrected chi connectivity index (χ4v) is 4.80. The topological polar surface area (TPSA) is 89.2 Å². The molecule has 3 aromatic rings. The molecule has 1 atom stereocenters. The van der Waals surface area contributed by atoms with E-state index in [4.69, 9.17) is 13.9 Å². The van der Waals surface area contributed by atoms with Crippen LogP contribution in [0.25, 0.3) is 11.0 Å². The normalized spacial score (nSPS) is 15.5. The molecule has 0 bridgehead atoms. The Hall–Kier alpha value is -2.84. The van der Waals surface area contributed by atoms with Crippen LogP contribution in [0.1, 0.15) is 45.3 Å². The van der Waals surface area contributed by atoms with Crippen LogP contribution in [-0.2, 0) is 4.74 Å². The number of hydrogen-bond donors (Lipinski definition) is 1. The first kappa shape index (κ1) is 22.4. The molecule has 0 spiro atoms. The summed E-state index contributed by atoms with van der Waals surface area (Å²) in [7, 11) is 3.05. The van der Waals surface area contributed by atoms with E-state index in [1.165, 1.54) is 7.11 Å². The van der Waals surface area contributed by atoms with E-state index in [2.05, 4.69) is 15.9 Å². The van der Waals surface area contributed by atoms with Gasteiger partial charge < -0.3 is 23.9 Å². The van der Waals surface area contributed by atoms with Gasteiger partial charge in [0.25, 0.3) is 5.91 Å². The minimum atomic E-state index is -0.679. The minimum absolute atomic E-state index is 0.0523. The largest absolute Gasteiger partial charge is 0.503 e. The number of carbonyl (C=O) groups is 1. The van der Waals surface area contributed by atoms with E-state index < -0.39 is 6.04 Å². The number of aryl methyl sites for hydroxylation is 2. The lowest BCUT2D eigenvalue weighted by atomic mass is 9.97. The number of methoxy groups -OCH3 is 2. The van der Waals surface area contributed by atoms with Crippen LogP contribution in [0.5, 0.6) is 11.5 Å². The van der Waals surface area contributed by atoms with E-state index in [1.807, 2.05) is 19.9 Å². The van der Waals surface area contributed by atoms with Gasteiger partial charge in [-0.15, -0.1) is 0 Å². The van der Waals surface area contributed by atoms with E-state index in [0.29, 0.717) is 46.1 Å². The van der Waals surface area contributed by atoms with E-state index in [1.54, 1.807) is 30.2 Å². The SMILES string of the molecule is COCCCN1C(=O)c2oc3c(C)cc(C)cc3c(=O)c2C1c1cc(Br)c(O)c(OC)c1. The van der Waals surface area contributed by atoms with Crippen LogP contribution in [0.2, 0.25) is 0 Å². The molecule has 0 radical (unpaired) electrons. The number of ether oxygens (including phenoxy) is 2. The van der Waals surface area contributed by atoms with Gasteiger partial charge in [0.2, 0.25) is 5.76 Å². The number of hydrogen-bond acceptors (Lipinski definition) is 6. The lowest BCUT2D eigenvalue weighted by Gasteiger charge is -2.25. The molecule has 1 unspecified atom stereocenters. The summed E-state index contributed by atoms with van der Waals surface area (Å²) >= 11 is 3.35. The summed E-state index contributed by atoms with van der Waals surface area (Å²) in [6.07, 6.45) is 0.592. The number of benzene rings is 2. The maximum absolute atomic E-state index is 13.7. The fourth-order valence-electron chi connectivity index (χ4n) is 4.34. The van der Waals surface area contributed by atoms with Gasteiger partial charge in [-0.3, -0.25) is 9.59 Å². The number of amides is 1. The molecule has 1 aliphatic heterocycles. The fraction of sp³-hybridized carbons (Fsp3) is 0.333. The zero-order chi connectivity index (χ0) is 23.2. The Bertz CT molecular complexity index is 1280. The average molecular weight is 502 g/mol. The van der Waals surface area contributed by atoms with E-state index in [9.17, 15) is 14.7 Å². The van der Waals surface area contributed by atoms with Crippen molar-refractivity contribution in [1.82, 2.24) is 4.90 Å². The number of phenolic OH excluding ortho intramolecular Hbond substituents is 1. The monoisotopic (exact) mass is 501 g/mol. The van der Waals surface area contributed by atoms with Crippen molar-refractivity contribution in [1.29, 1.82) is 0 Å². The first-order valence-corrected chi connectivity index (χ1v) is 11.0. The highest BCUT2D eigenvalue weighted by atomic mass is 79.9. The van der Waals surface area contributed by atoms with Crippen LogP contribution in [-0.4, -0.2) is 43.3 Å². The van der Waals surface area contributed by atoms with Crippen molar-refractivity contribution in [3.8, 4) is 11.5 Å². The van der Waals surface area contributed by atoms with Crippen LogP contribution in [0.15, 0.2) is 37.9 Å². The standard InChI is InChI=1S/C24H24BrNO6/c1-12-8-13(2)22-15(9-12)20(27)18-19(14-10-16(25)21(28)17(11-14)31-4)26(6-5-7-30-3)24(29)23(18)32-22/h8-11,19,28H,5-7H2,1-4H3. The van der Waals surface area contributed by atoms with Crippen molar-refractivity contribution in [2.45, 2.75) is 26.3 Å². The number of rotatable bonds is 6. The third-order valence-corrected chi connectivity index (χ3v) is 6.34. The molecule has 0 fully saturated rings. The molecule has 168 valence electrons. The molecule has 2 heterocycles. The highest BCUT2D eigenvalue weighted by molar-refractivity contribution is 9.10. The zero-order valence-electron chi connectivity index (χ0n) is 18.3. The molecule has 1 aromatic heterocycles. The Morgan fingerprint density at radius 1 is 1.16 bits per heavy atom. The lowest BCUT2D eigenvalue weighted by molar-refractivity contribution is 0.0707. The number of fused-ring (bicyclic) bond motifs is 2. The minimum Gasteiger partial charge on any atom is -0.503 e. The van der Waals surface area contributed by atoms with Gasteiger partial charge in [-0.1, -0.05) is 6.07 Å².